The highest BCUT2D eigenvalue weighted by Gasteiger charge is 2.09. The molecule has 0 radical (unpaired) electrons. The molecular weight excluding hydrogens is 264 g/mol. The molecule has 0 spiro atoms. The molecule has 2 aromatic rings. The molecule has 2 rings (SSSR count). The molecule has 0 aromatic heterocycles. The van der Waals surface area contributed by atoms with Gasteiger partial charge in [0, 0.05) is 5.69 Å². The molecular formula is C14H11F2N3O. The summed E-state index contributed by atoms with van der Waals surface area (Å²) in [4.78, 5) is 0. The Kier molecular flexibility index (Phi) is 4.01. The van der Waals surface area contributed by atoms with Crippen LogP contribution in [0.25, 0.3) is 0 Å². The summed E-state index contributed by atoms with van der Waals surface area (Å²) < 4.78 is 29.0. The quantitative estimate of drug-likeness (QED) is 0.838. The first-order chi connectivity index (χ1) is 9.60. The summed E-state index contributed by atoms with van der Waals surface area (Å²) in [5.41, 5.74) is 7.32. The average molecular weight is 275 g/mol. The number of para-hydroxylation sites is 2. The lowest BCUT2D eigenvalue weighted by molar-refractivity contribution is -0.0493. The first-order valence-electron chi connectivity index (χ1n) is 5.70. The third kappa shape index (κ3) is 3.14. The predicted molar refractivity (Wildman–Crippen MR) is 71.9 cm³/mol. The Morgan fingerprint density at radius 1 is 1.20 bits per heavy atom. The van der Waals surface area contributed by atoms with Crippen molar-refractivity contribution >= 4 is 17.1 Å². The van der Waals surface area contributed by atoms with Crippen LogP contribution in [0, 0.1) is 11.3 Å². The number of alkyl halides is 2. The van der Waals surface area contributed by atoms with E-state index in [1.807, 2.05) is 6.07 Å². The molecule has 0 aliphatic carbocycles. The van der Waals surface area contributed by atoms with Gasteiger partial charge in [-0.3, -0.25) is 0 Å². The zero-order valence-corrected chi connectivity index (χ0v) is 10.3. The van der Waals surface area contributed by atoms with E-state index in [2.05, 4.69) is 10.1 Å². The van der Waals surface area contributed by atoms with E-state index in [-0.39, 0.29) is 5.75 Å². The Bertz CT molecular complexity index is 653. The number of benzene rings is 2. The number of hydrogen-bond acceptors (Lipinski definition) is 4. The third-order valence-electron chi connectivity index (χ3n) is 2.55. The van der Waals surface area contributed by atoms with Gasteiger partial charge >= 0.3 is 6.61 Å². The van der Waals surface area contributed by atoms with Crippen molar-refractivity contribution in [1.82, 2.24) is 0 Å². The van der Waals surface area contributed by atoms with E-state index in [1.165, 1.54) is 6.07 Å². The van der Waals surface area contributed by atoms with E-state index in [1.54, 1.807) is 36.4 Å². The van der Waals surface area contributed by atoms with Crippen molar-refractivity contribution in [3.05, 3.63) is 48.0 Å². The molecule has 6 heteroatoms. The lowest BCUT2D eigenvalue weighted by Crippen LogP contribution is -2.04. The van der Waals surface area contributed by atoms with Gasteiger partial charge in [0.25, 0.3) is 0 Å². The average Bonchev–Trinajstić information content (AvgIpc) is 2.41. The molecule has 0 fully saturated rings. The van der Waals surface area contributed by atoms with Crippen LogP contribution in [0.3, 0.4) is 0 Å². The number of ether oxygens (including phenoxy) is 1. The molecule has 0 aliphatic rings. The zero-order chi connectivity index (χ0) is 14.5. The second-order valence-electron chi connectivity index (χ2n) is 3.91. The minimum atomic E-state index is -2.90. The van der Waals surface area contributed by atoms with Crippen LogP contribution in [0.2, 0.25) is 0 Å². The smallest absolute Gasteiger partial charge is 0.387 e. The lowest BCUT2D eigenvalue weighted by Gasteiger charge is -2.13. The lowest BCUT2D eigenvalue weighted by atomic mass is 10.1. The van der Waals surface area contributed by atoms with Crippen molar-refractivity contribution in [2.45, 2.75) is 6.61 Å². The highest BCUT2D eigenvalue weighted by molar-refractivity contribution is 5.70. The number of rotatable bonds is 4. The molecule has 0 unspecified atom stereocenters. The Labute approximate surface area is 114 Å². The minimum Gasteiger partial charge on any atom is -0.433 e. The number of nitrogens with one attached hydrogen (secondary N) is 1. The van der Waals surface area contributed by atoms with Gasteiger partial charge in [-0.2, -0.15) is 14.0 Å². The molecule has 2 aromatic carbocycles. The molecule has 0 bridgehead atoms. The van der Waals surface area contributed by atoms with Crippen molar-refractivity contribution in [3.8, 4) is 11.8 Å². The topological polar surface area (TPSA) is 71.1 Å². The van der Waals surface area contributed by atoms with E-state index < -0.39 is 6.61 Å². The maximum atomic E-state index is 12.3. The maximum Gasteiger partial charge on any atom is 0.387 e. The third-order valence-corrected chi connectivity index (χ3v) is 2.55. The maximum absolute atomic E-state index is 12.3. The molecule has 0 heterocycles. The summed E-state index contributed by atoms with van der Waals surface area (Å²) in [6.45, 7) is -2.90. The standard InChI is InChI=1S/C14H11F2N3O/c15-14(16)20-13-4-2-1-3-12(13)19-10-6-5-9(8-17)11(18)7-10/h1-7,14,19H,18H2. The molecule has 0 amide bonds. The second-order valence-corrected chi connectivity index (χ2v) is 3.91. The SMILES string of the molecule is N#Cc1ccc(Nc2ccccc2OC(F)F)cc1N. The van der Waals surface area contributed by atoms with Gasteiger partial charge < -0.3 is 15.8 Å². The Morgan fingerprint density at radius 2 is 1.95 bits per heavy atom. The molecule has 0 atom stereocenters. The number of hydrogen-bond donors (Lipinski definition) is 2. The Hall–Kier alpha value is -2.81. The summed E-state index contributed by atoms with van der Waals surface area (Å²) in [5.74, 6) is 0.0328. The number of anilines is 3. The van der Waals surface area contributed by atoms with Crippen molar-refractivity contribution in [2.24, 2.45) is 0 Å². The van der Waals surface area contributed by atoms with Gasteiger partial charge in [0.05, 0.1) is 16.9 Å². The van der Waals surface area contributed by atoms with Crippen LogP contribution in [-0.4, -0.2) is 6.61 Å². The number of halogens is 2. The molecule has 0 aliphatic heterocycles. The normalized spacial score (nSPS) is 10.1. The first kappa shape index (κ1) is 13.6. The van der Waals surface area contributed by atoms with Crippen LogP contribution in [0.5, 0.6) is 5.75 Å². The van der Waals surface area contributed by atoms with Crippen molar-refractivity contribution in [1.29, 1.82) is 5.26 Å². The van der Waals surface area contributed by atoms with Crippen molar-refractivity contribution < 1.29 is 13.5 Å². The molecule has 102 valence electrons. The monoisotopic (exact) mass is 275 g/mol. The van der Waals surface area contributed by atoms with Crippen LogP contribution in [0.4, 0.5) is 25.8 Å². The van der Waals surface area contributed by atoms with Crippen molar-refractivity contribution in [2.75, 3.05) is 11.1 Å². The Balaban J connectivity index is 2.26. The highest BCUT2D eigenvalue weighted by Crippen LogP contribution is 2.29. The Morgan fingerprint density at radius 3 is 2.60 bits per heavy atom. The fraction of sp³-hybridized carbons (Fsp3) is 0.0714. The van der Waals surface area contributed by atoms with Gasteiger partial charge in [-0.15, -0.1) is 0 Å². The summed E-state index contributed by atoms with van der Waals surface area (Å²) >= 11 is 0. The van der Waals surface area contributed by atoms with Gasteiger partial charge in [-0.05, 0) is 30.3 Å². The van der Waals surface area contributed by atoms with E-state index in [0.717, 1.165) is 0 Å². The number of nitrogen functional groups attached to an aromatic ring is 1. The number of nitrogens with zero attached hydrogens (tertiary/aromatic N) is 1. The van der Waals surface area contributed by atoms with Gasteiger partial charge in [-0.1, -0.05) is 12.1 Å². The summed E-state index contributed by atoms with van der Waals surface area (Å²) in [6, 6.07) is 13.0. The molecule has 4 nitrogen and oxygen atoms in total. The highest BCUT2D eigenvalue weighted by atomic mass is 19.3. The molecule has 0 saturated carbocycles. The van der Waals surface area contributed by atoms with Gasteiger partial charge in [0.2, 0.25) is 0 Å². The minimum absolute atomic E-state index is 0.0328. The van der Waals surface area contributed by atoms with Crippen LogP contribution in [0.15, 0.2) is 42.5 Å². The molecule has 3 N–H and O–H groups in total. The number of nitriles is 1. The fourth-order valence-corrected chi connectivity index (χ4v) is 1.67. The van der Waals surface area contributed by atoms with E-state index in [4.69, 9.17) is 11.0 Å². The van der Waals surface area contributed by atoms with E-state index in [9.17, 15) is 8.78 Å². The largest absolute Gasteiger partial charge is 0.433 e. The molecule has 0 saturated heterocycles. The van der Waals surface area contributed by atoms with Crippen molar-refractivity contribution in [3.63, 3.8) is 0 Å². The van der Waals surface area contributed by atoms with Gasteiger partial charge in [-0.25, -0.2) is 0 Å². The summed E-state index contributed by atoms with van der Waals surface area (Å²) in [7, 11) is 0. The second kappa shape index (κ2) is 5.89. The van der Waals surface area contributed by atoms with Crippen LogP contribution < -0.4 is 15.8 Å². The van der Waals surface area contributed by atoms with Gasteiger partial charge in [0.15, 0.2) is 0 Å². The van der Waals surface area contributed by atoms with Crippen LogP contribution in [0.1, 0.15) is 5.56 Å². The van der Waals surface area contributed by atoms with Gasteiger partial charge in [0.1, 0.15) is 11.8 Å². The summed E-state index contributed by atoms with van der Waals surface area (Å²) in [5, 5.41) is 11.7. The predicted octanol–water partition coefficient (Wildman–Crippen LogP) is 3.49. The zero-order valence-electron chi connectivity index (χ0n) is 10.3. The van der Waals surface area contributed by atoms with Crippen LogP contribution >= 0.6 is 0 Å². The van der Waals surface area contributed by atoms with Crippen LogP contribution in [-0.2, 0) is 0 Å². The van der Waals surface area contributed by atoms with E-state index in [0.29, 0.717) is 22.6 Å². The van der Waals surface area contributed by atoms with E-state index >= 15 is 0 Å². The fourth-order valence-electron chi connectivity index (χ4n) is 1.67. The molecule has 20 heavy (non-hydrogen) atoms. The first-order valence-corrected chi connectivity index (χ1v) is 5.70. The summed E-state index contributed by atoms with van der Waals surface area (Å²) in [6.07, 6.45) is 0. The number of nitrogens with two attached hydrogens (primary N) is 1.